The molecule has 0 amide bonds. The van der Waals surface area contributed by atoms with Gasteiger partial charge in [0.25, 0.3) is 0 Å². The van der Waals surface area contributed by atoms with Gasteiger partial charge in [0.2, 0.25) is 11.6 Å². The highest BCUT2D eigenvalue weighted by atomic mass is 16.7. The van der Waals surface area contributed by atoms with Crippen LogP contribution < -0.4 is 4.74 Å². The van der Waals surface area contributed by atoms with Crippen LogP contribution in [0.3, 0.4) is 0 Å². The minimum absolute atomic E-state index is 0.0398. The van der Waals surface area contributed by atoms with Gasteiger partial charge in [-0.3, -0.25) is 9.59 Å². The molecule has 0 saturated carbocycles. The standard InChI is InChI=1S/C16H14O6/c1-8(17)12-6-10-14(18)15(19)13-9(16(10)22-12)4-3-5-11(13)21-7-20-2/h3-6,8,17H,7H2,1-2H3/t8-/m0/s1. The molecule has 3 rings (SSSR count). The fourth-order valence-electron chi connectivity index (χ4n) is 2.42. The van der Waals surface area contributed by atoms with E-state index in [1.807, 2.05) is 0 Å². The van der Waals surface area contributed by atoms with Crippen molar-refractivity contribution < 1.29 is 28.6 Å². The SMILES string of the molecule is COCOc1cccc2c1C(=O)C(=O)c1cc([C@H](C)O)oc1-2. The Balaban J connectivity index is 2.20. The molecule has 1 aliphatic carbocycles. The van der Waals surface area contributed by atoms with Crippen molar-refractivity contribution in [3.63, 3.8) is 0 Å². The Labute approximate surface area is 126 Å². The number of hydrogen-bond acceptors (Lipinski definition) is 6. The molecule has 2 aromatic rings. The molecule has 1 aliphatic rings. The molecule has 6 heteroatoms. The molecule has 1 aromatic heterocycles. The Morgan fingerprint density at radius 3 is 2.68 bits per heavy atom. The zero-order valence-electron chi connectivity index (χ0n) is 12.1. The van der Waals surface area contributed by atoms with Gasteiger partial charge in [-0.1, -0.05) is 12.1 Å². The predicted molar refractivity (Wildman–Crippen MR) is 75.9 cm³/mol. The third-order valence-corrected chi connectivity index (χ3v) is 3.44. The van der Waals surface area contributed by atoms with Crippen LogP contribution in [0.15, 0.2) is 28.7 Å². The molecule has 1 N–H and O–H groups in total. The Morgan fingerprint density at radius 1 is 1.23 bits per heavy atom. The lowest BCUT2D eigenvalue weighted by Crippen LogP contribution is -2.21. The van der Waals surface area contributed by atoms with Crippen LogP contribution >= 0.6 is 0 Å². The molecule has 1 atom stereocenters. The van der Waals surface area contributed by atoms with E-state index in [9.17, 15) is 14.7 Å². The van der Waals surface area contributed by atoms with Crippen molar-refractivity contribution in [3.8, 4) is 17.1 Å². The molecule has 114 valence electrons. The van der Waals surface area contributed by atoms with Crippen molar-refractivity contribution in [1.82, 2.24) is 0 Å². The lowest BCUT2D eigenvalue weighted by molar-refractivity contribution is 0.0500. The number of furan rings is 1. The van der Waals surface area contributed by atoms with E-state index in [2.05, 4.69) is 0 Å². The second-order valence-corrected chi connectivity index (χ2v) is 4.96. The van der Waals surface area contributed by atoms with Crippen molar-refractivity contribution in [2.45, 2.75) is 13.0 Å². The zero-order valence-corrected chi connectivity index (χ0v) is 12.1. The van der Waals surface area contributed by atoms with Gasteiger partial charge in [0.05, 0.1) is 11.1 Å². The van der Waals surface area contributed by atoms with Gasteiger partial charge >= 0.3 is 0 Å². The highest BCUT2D eigenvalue weighted by Crippen LogP contribution is 2.40. The fraction of sp³-hybridized carbons (Fsp3) is 0.250. The number of benzene rings is 1. The molecule has 1 aromatic carbocycles. The number of hydrogen-bond donors (Lipinski definition) is 1. The summed E-state index contributed by atoms with van der Waals surface area (Å²) in [7, 11) is 1.46. The number of aliphatic hydroxyl groups excluding tert-OH is 1. The van der Waals surface area contributed by atoms with E-state index < -0.39 is 17.7 Å². The van der Waals surface area contributed by atoms with Gasteiger partial charge in [-0.15, -0.1) is 0 Å². The average Bonchev–Trinajstić information content (AvgIpc) is 2.96. The highest BCUT2D eigenvalue weighted by Gasteiger charge is 2.36. The minimum Gasteiger partial charge on any atom is -0.467 e. The predicted octanol–water partition coefficient (Wildman–Crippen LogP) is 2.36. The quantitative estimate of drug-likeness (QED) is 0.689. The van der Waals surface area contributed by atoms with Crippen LogP contribution in [0, 0.1) is 0 Å². The molecule has 0 aliphatic heterocycles. The molecule has 0 bridgehead atoms. The summed E-state index contributed by atoms with van der Waals surface area (Å²) in [5.74, 6) is -0.558. The summed E-state index contributed by atoms with van der Waals surface area (Å²) in [4.78, 5) is 24.6. The molecule has 6 nitrogen and oxygen atoms in total. The maximum absolute atomic E-state index is 12.4. The summed E-state index contributed by atoms with van der Waals surface area (Å²) >= 11 is 0. The summed E-state index contributed by atoms with van der Waals surface area (Å²) in [5.41, 5.74) is 0.793. The van der Waals surface area contributed by atoms with Crippen LogP contribution in [0.4, 0.5) is 0 Å². The Hall–Kier alpha value is -2.44. The molecule has 22 heavy (non-hydrogen) atoms. The lowest BCUT2D eigenvalue weighted by atomic mass is 9.88. The van der Waals surface area contributed by atoms with Gasteiger partial charge < -0.3 is 19.0 Å². The van der Waals surface area contributed by atoms with Crippen molar-refractivity contribution in [3.05, 3.63) is 41.2 Å². The second-order valence-electron chi connectivity index (χ2n) is 4.96. The van der Waals surface area contributed by atoms with Crippen LogP contribution in [-0.2, 0) is 4.74 Å². The van der Waals surface area contributed by atoms with E-state index in [0.717, 1.165) is 0 Å². The van der Waals surface area contributed by atoms with E-state index in [0.29, 0.717) is 5.56 Å². The van der Waals surface area contributed by atoms with Gasteiger partial charge in [0, 0.05) is 12.7 Å². The van der Waals surface area contributed by atoms with Gasteiger partial charge in [-0.2, -0.15) is 0 Å². The summed E-state index contributed by atoms with van der Waals surface area (Å²) in [6, 6.07) is 6.37. The fourth-order valence-corrected chi connectivity index (χ4v) is 2.42. The highest BCUT2D eigenvalue weighted by molar-refractivity contribution is 6.53. The minimum atomic E-state index is -0.870. The van der Waals surface area contributed by atoms with Crippen molar-refractivity contribution in [2.24, 2.45) is 0 Å². The lowest BCUT2D eigenvalue weighted by Gasteiger charge is -2.16. The molecule has 0 saturated heterocycles. The first-order valence-corrected chi connectivity index (χ1v) is 6.70. The topological polar surface area (TPSA) is 86.0 Å². The molecular weight excluding hydrogens is 288 g/mol. The van der Waals surface area contributed by atoms with Crippen LogP contribution in [0.5, 0.6) is 5.75 Å². The third kappa shape index (κ3) is 2.13. The smallest absolute Gasteiger partial charge is 0.238 e. The molecule has 1 heterocycles. The Kier molecular flexibility index (Phi) is 3.56. The van der Waals surface area contributed by atoms with E-state index in [4.69, 9.17) is 13.9 Å². The first kappa shape index (κ1) is 14.5. The van der Waals surface area contributed by atoms with E-state index >= 15 is 0 Å². The van der Waals surface area contributed by atoms with Gasteiger partial charge in [-0.25, -0.2) is 0 Å². The number of rotatable bonds is 4. The number of carbonyl (C=O) groups is 2. The number of aliphatic hydroxyl groups is 1. The summed E-state index contributed by atoms with van der Waals surface area (Å²) < 4.78 is 15.7. The second kappa shape index (κ2) is 5.40. The maximum atomic E-state index is 12.4. The molecular formula is C16H14O6. The Morgan fingerprint density at radius 2 is 2.00 bits per heavy atom. The van der Waals surface area contributed by atoms with Crippen molar-refractivity contribution in [1.29, 1.82) is 0 Å². The summed E-state index contributed by atoms with van der Waals surface area (Å²) in [6.45, 7) is 1.48. The number of fused-ring (bicyclic) bond motifs is 3. The molecule has 0 spiro atoms. The third-order valence-electron chi connectivity index (χ3n) is 3.44. The largest absolute Gasteiger partial charge is 0.467 e. The number of ketones is 2. The van der Waals surface area contributed by atoms with E-state index in [1.54, 1.807) is 18.2 Å². The Bertz CT molecular complexity index is 756. The van der Waals surface area contributed by atoms with Crippen LogP contribution in [-0.4, -0.2) is 30.6 Å². The van der Waals surface area contributed by atoms with Gasteiger partial charge in [0.15, 0.2) is 6.79 Å². The maximum Gasteiger partial charge on any atom is 0.238 e. The van der Waals surface area contributed by atoms with E-state index in [1.165, 1.54) is 20.1 Å². The number of Topliss-reactive ketones (excluding diaryl/α,β-unsaturated/α-hetero) is 2. The van der Waals surface area contributed by atoms with Crippen LogP contribution in [0.1, 0.15) is 39.5 Å². The normalized spacial score (nSPS) is 14.5. The van der Waals surface area contributed by atoms with Crippen LogP contribution in [0.25, 0.3) is 11.3 Å². The number of carbonyl (C=O) groups excluding carboxylic acids is 2. The first-order chi connectivity index (χ1) is 10.5. The zero-order chi connectivity index (χ0) is 15.9. The van der Waals surface area contributed by atoms with E-state index in [-0.39, 0.29) is 35.2 Å². The molecule has 0 radical (unpaired) electrons. The average molecular weight is 302 g/mol. The first-order valence-electron chi connectivity index (χ1n) is 6.70. The number of ether oxygens (including phenoxy) is 2. The monoisotopic (exact) mass is 302 g/mol. The van der Waals surface area contributed by atoms with Crippen molar-refractivity contribution in [2.75, 3.05) is 13.9 Å². The van der Waals surface area contributed by atoms with Gasteiger partial charge in [-0.05, 0) is 19.1 Å². The molecule has 0 fully saturated rings. The van der Waals surface area contributed by atoms with Crippen molar-refractivity contribution >= 4 is 11.6 Å². The number of methoxy groups -OCH3 is 1. The van der Waals surface area contributed by atoms with Crippen LogP contribution in [0.2, 0.25) is 0 Å². The summed E-state index contributed by atoms with van der Waals surface area (Å²) in [6.07, 6.45) is -0.870. The summed E-state index contributed by atoms with van der Waals surface area (Å²) in [5, 5.41) is 9.61. The van der Waals surface area contributed by atoms with Gasteiger partial charge in [0.1, 0.15) is 23.4 Å². The molecule has 0 unspecified atom stereocenters.